The molecule has 0 fully saturated rings. The molecular weight excluding hydrogens is 446 g/mol. The zero-order chi connectivity index (χ0) is 24.4. The van der Waals surface area contributed by atoms with Gasteiger partial charge < -0.3 is 15.2 Å². The predicted molar refractivity (Wildman–Crippen MR) is 106 cm³/mol. The second-order valence-electron chi connectivity index (χ2n) is 6.65. The predicted octanol–water partition coefficient (Wildman–Crippen LogP) is 3.14. The van der Waals surface area contributed by atoms with Crippen molar-refractivity contribution in [1.82, 2.24) is 0 Å². The van der Waals surface area contributed by atoms with Crippen molar-refractivity contribution in [3.05, 3.63) is 87.9 Å². The van der Waals surface area contributed by atoms with Crippen LogP contribution in [0.5, 0.6) is 0 Å². The van der Waals surface area contributed by atoms with Crippen LogP contribution < -0.4 is 10.6 Å². The number of esters is 2. The zero-order valence-electron chi connectivity index (χ0n) is 17.2. The Hall–Kier alpha value is -4.33. The van der Waals surface area contributed by atoms with Gasteiger partial charge in [0.2, 0.25) is 0 Å². The minimum Gasteiger partial charge on any atom is -0.466 e. The Morgan fingerprint density at radius 2 is 1.61 bits per heavy atom. The van der Waals surface area contributed by atoms with Crippen molar-refractivity contribution in [1.29, 1.82) is 5.26 Å². The lowest BCUT2D eigenvalue weighted by Crippen LogP contribution is -2.41. The maximum Gasteiger partial charge on any atom is 0.355 e. The monoisotopic (exact) mass is 461 g/mol. The lowest BCUT2D eigenvalue weighted by Gasteiger charge is -2.36. The van der Waals surface area contributed by atoms with E-state index in [1.165, 1.54) is 12.1 Å². The summed E-state index contributed by atoms with van der Waals surface area (Å²) in [5, 5.41) is 9.82. The number of nitrogens with two attached hydrogens (primary N) is 1. The van der Waals surface area contributed by atoms with Crippen LogP contribution in [0, 0.1) is 34.6 Å². The van der Waals surface area contributed by atoms with E-state index in [1.54, 1.807) is 24.3 Å². The van der Waals surface area contributed by atoms with Gasteiger partial charge in [0.1, 0.15) is 17.2 Å². The van der Waals surface area contributed by atoms with Gasteiger partial charge in [0, 0.05) is 6.07 Å². The zero-order valence-corrected chi connectivity index (χ0v) is 17.2. The van der Waals surface area contributed by atoms with Gasteiger partial charge >= 0.3 is 11.9 Å². The largest absolute Gasteiger partial charge is 0.466 e. The van der Waals surface area contributed by atoms with Crippen LogP contribution in [0.25, 0.3) is 0 Å². The molecule has 33 heavy (non-hydrogen) atoms. The number of hydrogen-bond donors (Lipinski definition) is 1. The quantitative estimate of drug-likeness (QED) is 0.323. The van der Waals surface area contributed by atoms with E-state index in [-0.39, 0.29) is 6.07 Å². The summed E-state index contributed by atoms with van der Waals surface area (Å²) in [4.78, 5) is 25.9. The summed E-state index contributed by atoms with van der Waals surface area (Å²) < 4.78 is 66.4. The Morgan fingerprint density at radius 1 is 1.00 bits per heavy atom. The number of carbonyl (C=O) groups excluding carboxylic acids is 2. The third-order valence-electron chi connectivity index (χ3n) is 4.92. The summed E-state index contributed by atoms with van der Waals surface area (Å²) in [5.41, 5.74) is 3.24. The smallest absolute Gasteiger partial charge is 0.355 e. The third-order valence-corrected chi connectivity index (χ3v) is 4.92. The lowest BCUT2D eigenvalue weighted by atomic mass is 9.81. The lowest BCUT2D eigenvalue weighted by molar-refractivity contribution is -0.139. The summed E-state index contributed by atoms with van der Waals surface area (Å²) in [7, 11) is 1.89. The van der Waals surface area contributed by atoms with E-state index in [0.717, 1.165) is 14.2 Å². The first-order valence-corrected chi connectivity index (χ1v) is 9.18. The number of allylic oxidation sites excluding steroid dienone is 1. The molecule has 0 aliphatic carbocycles. The van der Waals surface area contributed by atoms with Gasteiger partial charge in [-0.05, 0) is 5.56 Å². The highest BCUT2D eigenvalue weighted by Crippen LogP contribution is 2.44. The molecule has 1 aliphatic rings. The van der Waals surface area contributed by atoms with Crippen LogP contribution in [0.1, 0.15) is 11.5 Å². The average molecular weight is 461 g/mol. The summed E-state index contributed by atoms with van der Waals surface area (Å²) in [6, 6.07) is 9.62. The van der Waals surface area contributed by atoms with Crippen LogP contribution in [-0.2, 0) is 19.1 Å². The van der Waals surface area contributed by atoms with Gasteiger partial charge in [-0.2, -0.15) is 5.26 Å². The molecule has 0 amide bonds. The molecule has 3 rings (SSSR count). The molecule has 0 aromatic heterocycles. The van der Waals surface area contributed by atoms with Crippen molar-refractivity contribution in [3.63, 3.8) is 0 Å². The summed E-state index contributed by atoms with van der Waals surface area (Å²) in [6.07, 6.45) is 0. The number of nitriles is 1. The highest BCUT2D eigenvalue weighted by atomic mass is 19.2. The second kappa shape index (κ2) is 9.04. The van der Waals surface area contributed by atoms with Crippen molar-refractivity contribution in [2.24, 2.45) is 5.73 Å². The van der Waals surface area contributed by atoms with Crippen LogP contribution in [0.2, 0.25) is 0 Å². The molecule has 11 heteroatoms. The molecule has 2 N–H and O–H groups in total. The Balaban J connectivity index is 2.50. The number of carbonyl (C=O) groups is 2. The fraction of sp³-hybridized carbons (Fsp3) is 0.136. The normalized spacial score (nSPS) is 15.9. The average Bonchev–Trinajstić information content (AvgIpc) is 2.82. The van der Waals surface area contributed by atoms with Crippen molar-refractivity contribution < 1.29 is 36.6 Å². The fourth-order valence-electron chi connectivity index (χ4n) is 3.51. The first kappa shape index (κ1) is 23.3. The van der Waals surface area contributed by atoms with Crippen molar-refractivity contribution >= 4 is 17.6 Å². The number of ether oxygens (including phenoxy) is 2. The molecule has 2 aromatic carbocycles. The van der Waals surface area contributed by atoms with Crippen LogP contribution in [0.3, 0.4) is 0 Å². The minimum atomic E-state index is -2.06. The van der Waals surface area contributed by atoms with E-state index in [1.807, 2.05) is 0 Å². The first-order valence-electron chi connectivity index (χ1n) is 9.18. The topological polar surface area (TPSA) is 106 Å². The maximum atomic E-state index is 14.7. The number of rotatable bonds is 4. The molecule has 7 nitrogen and oxygen atoms in total. The number of nitrogens with zero attached hydrogens (tertiary/aromatic N) is 2. The Kier molecular flexibility index (Phi) is 6.39. The second-order valence-corrected chi connectivity index (χ2v) is 6.65. The Morgan fingerprint density at radius 3 is 2.15 bits per heavy atom. The van der Waals surface area contributed by atoms with Crippen molar-refractivity contribution in [2.45, 2.75) is 5.92 Å². The van der Waals surface area contributed by atoms with Gasteiger partial charge in [-0.1, -0.05) is 30.3 Å². The number of anilines is 1. The number of halogens is 4. The standard InChI is InChI=1S/C22H15F4N3O4/c1-32-21(30)15-14(10-6-4-3-5-7-10)11(9-27)20(28)29(19(15)22(31)33-2)18-13(24)8-12(23)16(25)17(18)26/h3-8,14H,28H2,1-2H3. The third kappa shape index (κ3) is 3.76. The van der Waals surface area contributed by atoms with E-state index >= 15 is 0 Å². The molecule has 1 aliphatic heterocycles. The van der Waals surface area contributed by atoms with E-state index in [0.29, 0.717) is 10.5 Å². The molecule has 2 aromatic rings. The molecular formula is C22H15F4N3O4. The number of hydrogen-bond acceptors (Lipinski definition) is 7. The van der Waals surface area contributed by atoms with Crippen LogP contribution in [0.15, 0.2) is 59.1 Å². The summed E-state index contributed by atoms with van der Waals surface area (Å²) in [6.45, 7) is 0. The van der Waals surface area contributed by atoms with Crippen molar-refractivity contribution in [3.8, 4) is 6.07 Å². The molecule has 1 unspecified atom stereocenters. The SMILES string of the molecule is COC(=O)C1=C(C(=O)OC)N(c2c(F)cc(F)c(F)c2F)C(N)=C(C#N)C1c1ccccc1. The fourth-order valence-corrected chi connectivity index (χ4v) is 3.51. The first-order chi connectivity index (χ1) is 15.7. The van der Waals surface area contributed by atoms with Gasteiger partial charge in [-0.15, -0.1) is 0 Å². The molecule has 0 saturated heterocycles. The summed E-state index contributed by atoms with van der Waals surface area (Å²) >= 11 is 0. The minimum absolute atomic E-state index is 0.0308. The molecule has 1 heterocycles. The highest BCUT2D eigenvalue weighted by Gasteiger charge is 2.44. The maximum absolute atomic E-state index is 14.7. The molecule has 0 saturated carbocycles. The van der Waals surface area contributed by atoms with Crippen LogP contribution >= 0.6 is 0 Å². The molecule has 0 spiro atoms. The molecule has 170 valence electrons. The van der Waals surface area contributed by atoms with E-state index < -0.39 is 69.5 Å². The van der Waals surface area contributed by atoms with Gasteiger partial charge in [-0.25, -0.2) is 27.2 Å². The van der Waals surface area contributed by atoms with Crippen LogP contribution in [-0.4, -0.2) is 26.2 Å². The van der Waals surface area contributed by atoms with Crippen LogP contribution in [0.4, 0.5) is 23.2 Å². The Bertz CT molecular complexity index is 1250. The summed E-state index contributed by atoms with van der Waals surface area (Å²) in [5.74, 6) is -12.1. The van der Waals surface area contributed by atoms with Crippen molar-refractivity contribution in [2.75, 3.05) is 19.1 Å². The molecule has 1 atom stereocenters. The van der Waals surface area contributed by atoms with Gasteiger partial charge in [0.25, 0.3) is 0 Å². The Labute approximate surface area is 184 Å². The van der Waals surface area contributed by atoms with Gasteiger partial charge in [-0.3, -0.25) is 4.90 Å². The molecule has 0 bridgehead atoms. The molecule has 0 radical (unpaired) electrons. The van der Waals surface area contributed by atoms with E-state index in [2.05, 4.69) is 4.74 Å². The highest BCUT2D eigenvalue weighted by molar-refractivity contribution is 6.06. The van der Waals surface area contributed by atoms with Gasteiger partial charge in [0.05, 0.1) is 37.4 Å². The van der Waals surface area contributed by atoms with E-state index in [9.17, 15) is 32.4 Å². The van der Waals surface area contributed by atoms with E-state index in [4.69, 9.17) is 10.5 Å². The number of benzene rings is 2. The van der Waals surface area contributed by atoms with Gasteiger partial charge in [0.15, 0.2) is 23.3 Å². The number of methoxy groups -OCH3 is 2.